The Bertz CT molecular complexity index is 1260. The second-order valence-electron chi connectivity index (χ2n) is 7.37. The van der Waals surface area contributed by atoms with Crippen LogP contribution in [-0.4, -0.2) is 21.7 Å². The standard InChI is InChI=1S/C25H22FN3O4/c1-3-5-21-23(17-7-11-19(12-8-17)27-24(31)22-6-4-15-32-22)25(33-16(2)30)29(28-21)20-13-9-18(26)10-14-20/h4,6-15H,3,5H2,1-2H3,(H,27,31). The summed E-state index contributed by atoms with van der Waals surface area (Å²) in [5, 5.41) is 7.44. The fraction of sp³-hybridized carbons (Fsp3) is 0.160. The van der Waals surface area contributed by atoms with Crippen molar-refractivity contribution in [1.82, 2.24) is 9.78 Å². The zero-order valence-electron chi connectivity index (χ0n) is 18.2. The van der Waals surface area contributed by atoms with Crippen LogP contribution in [0.5, 0.6) is 5.88 Å². The maximum atomic E-state index is 13.5. The molecule has 0 aliphatic heterocycles. The zero-order valence-corrected chi connectivity index (χ0v) is 18.2. The molecule has 0 aliphatic carbocycles. The largest absolute Gasteiger partial charge is 0.459 e. The smallest absolute Gasteiger partial charge is 0.309 e. The van der Waals surface area contributed by atoms with E-state index in [0.717, 1.165) is 17.7 Å². The van der Waals surface area contributed by atoms with Crippen LogP contribution in [0, 0.1) is 5.82 Å². The van der Waals surface area contributed by atoms with Crippen LogP contribution in [0.3, 0.4) is 0 Å². The fourth-order valence-corrected chi connectivity index (χ4v) is 3.46. The van der Waals surface area contributed by atoms with Crippen molar-refractivity contribution in [2.75, 3.05) is 5.32 Å². The van der Waals surface area contributed by atoms with Gasteiger partial charge in [0.2, 0.25) is 5.88 Å². The van der Waals surface area contributed by atoms with E-state index in [1.807, 2.05) is 19.1 Å². The Hall–Kier alpha value is -4.20. The second kappa shape index (κ2) is 9.52. The molecule has 33 heavy (non-hydrogen) atoms. The third-order valence-electron chi connectivity index (χ3n) is 4.89. The lowest BCUT2D eigenvalue weighted by Crippen LogP contribution is -2.10. The SMILES string of the molecule is CCCc1nn(-c2ccc(F)cc2)c(OC(C)=O)c1-c1ccc(NC(=O)c2ccco2)cc1. The molecule has 4 aromatic rings. The Kier molecular flexibility index (Phi) is 6.35. The summed E-state index contributed by atoms with van der Waals surface area (Å²) in [6.45, 7) is 3.35. The van der Waals surface area contributed by atoms with Crippen LogP contribution < -0.4 is 10.1 Å². The third-order valence-corrected chi connectivity index (χ3v) is 4.89. The van der Waals surface area contributed by atoms with Crippen molar-refractivity contribution in [3.63, 3.8) is 0 Å². The molecule has 0 unspecified atom stereocenters. The molecule has 7 nitrogen and oxygen atoms in total. The Morgan fingerprint density at radius 3 is 2.42 bits per heavy atom. The number of amides is 1. The van der Waals surface area contributed by atoms with Gasteiger partial charge in [-0.3, -0.25) is 9.59 Å². The van der Waals surface area contributed by atoms with Gasteiger partial charge in [0.25, 0.3) is 5.91 Å². The van der Waals surface area contributed by atoms with E-state index < -0.39 is 5.97 Å². The normalized spacial score (nSPS) is 10.8. The van der Waals surface area contributed by atoms with Gasteiger partial charge >= 0.3 is 5.97 Å². The van der Waals surface area contributed by atoms with E-state index in [9.17, 15) is 14.0 Å². The van der Waals surface area contributed by atoms with E-state index in [2.05, 4.69) is 10.4 Å². The van der Waals surface area contributed by atoms with E-state index in [0.29, 0.717) is 23.4 Å². The lowest BCUT2D eigenvalue weighted by molar-refractivity contribution is -0.132. The summed E-state index contributed by atoms with van der Waals surface area (Å²) in [5.41, 5.74) is 3.32. The van der Waals surface area contributed by atoms with Crippen LogP contribution in [0.25, 0.3) is 16.8 Å². The van der Waals surface area contributed by atoms with Gasteiger partial charge in [-0.15, -0.1) is 0 Å². The summed E-state index contributed by atoms with van der Waals surface area (Å²) in [6.07, 6.45) is 2.90. The number of carbonyl (C=O) groups excluding carboxylic acids is 2. The number of aryl methyl sites for hydroxylation is 1. The Labute approximate surface area is 189 Å². The monoisotopic (exact) mass is 447 g/mol. The summed E-state index contributed by atoms with van der Waals surface area (Å²) in [4.78, 5) is 24.1. The predicted molar refractivity (Wildman–Crippen MR) is 121 cm³/mol. The van der Waals surface area contributed by atoms with Gasteiger partial charge in [-0.05, 0) is 60.5 Å². The number of esters is 1. The van der Waals surface area contributed by atoms with Crippen LogP contribution in [-0.2, 0) is 11.2 Å². The Balaban J connectivity index is 1.74. The summed E-state index contributed by atoms with van der Waals surface area (Å²) in [6, 6.07) is 16.1. The summed E-state index contributed by atoms with van der Waals surface area (Å²) in [7, 11) is 0. The third kappa shape index (κ3) is 4.85. The highest BCUT2D eigenvalue weighted by Gasteiger charge is 2.23. The first-order valence-corrected chi connectivity index (χ1v) is 10.5. The minimum atomic E-state index is -0.495. The molecule has 0 saturated heterocycles. The molecule has 8 heteroatoms. The number of halogens is 1. The number of hydrogen-bond donors (Lipinski definition) is 1. The van der Waals surface area contributed by atoms with Crippen molar-refractivity contribution in [2.24, 2.45) is 0 Å². The molecule has 4 rings (SSSR count). The van der Waals surface area contributed by atoms with Crippen molar-refractivity contribution in [2.45, 2.75) is 26.7 Å². The fourth-order valence-electron chi connectivity index (χ4n) is 3.46. The van der Waals surface area contributed by atoms with Gasteiger partial charge in [-0.1, -0.05) is 25.5 Å². The number of benzene rings is 2. The lowest BCUT2D eigenvalue weighted by Gasteiger charge is -2.10. The number of carbonyl (C=O) groups is 2. The van der Waals surface area contributed by atoms with Crippen molar-refractivity contribution in [3.8, 4) is 22.7 Å². The minimum absolute atomic E-state index is 0.210. The molecule has 0 radical (unpaired) electrons. The highest BCUT2D eigenvalue weighted by atomic mass is 19.1. The Morgan fingerprint density at radius 1 is 1.09 bits per heavy atom. The molecule has 0 aliphatic rings. The number of rotatable bonds is 7. The van der Waals surface area contributed by atoms with Crippen molar-refractivity contribution < 1.29 is 23.1 Å². The second-order valence-corrected chi connectivity index (χ2v) is 7.37. The molecule has 0 atom stereocenters. The summed E-state index contributed by atoms with van der Waals surface area (Å²) < 4.78 is 25.6. The van der Waals surface area contributed by atoms with Crippen LogP contribution >= 0.6 is 0 Å². The van der Waals surface area contributed by atoms with E-state index in [4.69, 9.17) is 9.15 Å². The number of ether oxygens (including phenoxy) is 1. The molecular formula is C25H22FN3O4. The predicted octanol–water partition coefficient (Wildman–Crippen LogP) is 5.40. The molecular weight excluding hydrogens is 425 g/mol. The maximum absolute atomic E-state index is 13.5. The highest BCUT2D eigenvalue weighted by Crippen LogP contribution is 2.37. The molecule has 0 bridgehead atoms. The van der Waals surface area contributed by atoms with Gasteiger partial charge in [0, 0.05) is 12.6 Å². The highest BCUT2D eigenvalue weighted by molar-refractivity contribution is 6.02. The first kappa shape index (κ1) is 22.0. The molecule has 1 N–H and O–H groups in total. The Morgan fingerprint density at radius 2 is 1.82 bits per heavy atom. The summed E-state index contributed by atoms with van der Waals surface area (Å²) in [5.74, 6) is -0.762. The van der Waals surface area contributed by atoms with E-state index >= 15 is 0 Å². The minimum Gasteiger partial charge on any atom is -0.459 e. The molecule has 0 fully saturated rings. The van der Waals surface area contributed by atoms with E-state index in [-0.39, 0.29) is 23.4 Å². The van der Waals surface area contributed by atoms with Crippen LogP contribution in [0.4, 0.5) is 10.1 Å². The van der Waals surface area contributed by atoms with Gasteiger partial charge in [0.05, 0.1) is 23.2 Å². The molecule has 2 aromatic carbocycles. The molecule has 2 aromatic heterocycles. The quantitative estimate of drug-likeness (QED) is 0.383. The number of nitrogens with zero attached hydrogens (tertiary/aromatic N) is 2. The maximum Gasteiger partial charge on any atom is 0.309 e. The topological polar surface area (TPSA) is 86.4 Å². The molecule has 0 spiro atoms. The number of furan rings is 1. The van der Waals surface area contributed by atoms with Gasteiger partial charge in [0.1, 0.15) is 5.82 Å². The first-order chi connectivity index (χ1) is 16.0. The summed E-state index contributed by atoms with van der Waals surface area (Å²) >= 11 is 0. The van der Waals surface area contributed by atoms with E-state index in [1.165, 1.54) is 30.0 Å². The average Bonchev–Trinajstić information content (AvgIpc) is 3.44. The van der Waals surface area contributed by atoms with Gasteiger partial charge < -0.3 is 14.5 Å². The van der Waals surface area contributed by atoms with Crippen molar-refractivity contribution in [1.29, 1.82) is 0 Å². The molecule has 2 heterocycles. The van der Waals surface area contributed by atoms with Crippen LogP contribution in [0.1, 0.15) is 36.5 Å². The van der Waals surface area contributed by atoms with Gasteiger partial charge in [-0.25, -0.2) is 4.39 Å². The lowest BCUT2D eigenvalue weighted by atomic mass is 10.0. The average molecular weight is 447 g/mol. The number of hydrogen-bond acceptors (Lipinski definition) is 5. The van der Waals surface area contributed by atoms with Crippen LogP contribution in [0.15, 0.2) is 71.3 Å². The van der Waals surface area contributed by atoms with Gasteiger partial charge in [0.15, 0.2) is 5.76 Å². The molecule has 168 valence electrons. The molecule has 1 amide bonds. The first-order valence-electron chi connectivity index (χ1n) is 10.5. The van der Waals surface area contributed by atoms with E-state index in [1.54, 1.807) is 36.4 Å². The number of aromatic nitrogens is 2. The van der Waals surface area contributed by atoms with Gasteiger partial charge in [-0.2, -0.15) is 9.78 Å². The number of anilines is 1. The molecule has 0 saturated carbocycles. The van der Waals surface area contributed by atoms with Crippen molar-refractivity contribution in [3.05, 3.63) is 84.2 Å². The van der Waals surface area contributed by atoms with Crippen LogP contribution in [0.2, 0.25) is 0 Å². The van der Waals surface area contributed by atoms with Crippen molar-refractivity contribution >= 4 is 17.6 Å². The number of nitrogens with one attached hydrogen (secondary N) is 1. The zero-order chi connectivity index (χ0) is 23.4.